The number of hydrogen-bond donors (Lipinski definition) is 1. The summed E-state index contributed by atoms with van der Waals surface area (Å²) in [4.78, 5) is 6.49. The van der Waals surface area contributed by atoms with Crippen LogP contribution in [0.2, 0.25) is 0 Å². The Labute approximate surface area is 179 Å². The molecule has 4 nitrogen and oxygen atoms in total. The molecule has 1 N–H and O–H groups in total. The summed E-state index contributed by atoms with van der Waals surface area (Å²) >= 11 is 5.66. The van der Waals surface area contributed by atoms with Gasteiger partial charge in [0.1, 0.15) is 23.4 Å². The average molecular weight is 415 g/mol. The van der Waals surface area contributed by atoms with Gasteiger partial charge in [-0.1, -0.05) is 36.4 Å². The van der Waals surface area contributed by atoms with Crippen LogP contribution in [-0.4, -0.2) is 10.1 Å². The van der Waals surface area contributed by atoms with Crippen LogP contribution in [0.25, 0.3) is 11.3 Å². The summed E-state index contributed by atoms with van der Waals surface area (Å²) < 4.78 is 19.8. The Balaban J connectivity index is 1.60. The van der Waals surface area contributed by atoms with Crippen LogP contribution in [0.1, 0.15) is 23.5 Å². The summed E-state index contributed by atoms with van der Waals surface area (Å²) in [6, 6.07) is 25.5. The molecule has 2 aromatic heterocycles. The molecule has 30 heavy (non-hydrogen) atoms. The van der Waals surface area contributed by atoms with Crippen molar-refractivity contribution < 1.29 is 8.81 Å². The van der Waals surface area contributed by atoms with Crippen molar-refractivity contribution in [3.8, 4) is 11.3 Å². The van der Waals surface area contributed by atoms with Crippen molar-refractivity contribution in [3.05, 3.63) is 108 Å². The van der Waals surface area contributed by atoms with Crippen molar-refractivity contribution in [3.63, 3.8) is 0 Å². The van der Waals surface area contributed by atoms with Crippen molar-refractivity contribution in [1.82, 2.24) is 10.3 Å². The molecule has 1 aliphatic rings. The standard InChI is InChI=1S/C24H18FN3OS/c25-17-9-11-18(12-10-17)28-23(22(27-24(28)30)19-8-4-5-15-26-19)21-14-13-20(29-21)16-6-2-1-3-7-16/h1-15,22-23H,(H,27,30). The second-order valence-electron chi connectivity index (χ2n) is 7.04. The van der Waals surface area contributed by atoms with E-state index < -0.39 is 0 Å². The summed E-state index contributed by atoms with van der Waals surface area (Å²) in [5.41, 5.74) is 2.64. The first-order chi connectivity index (χ1) is 14.7. The quantitative estimate of drug-likeness (QED) is 0.436. The van der Waals surface area contributed by atoms with E-state index in [2.05, 4.69) is 10.3 Å². The Hall–Kier alpha value is -3.51. The van der Waals surface area contributed by atoms with Crippen molar-refractivity contribution in [1.29, 1.82) is 0 Å². The van der Waals surface area contributed by atoms with Gasteiger partial charge in [0, 0.05) is 17.4 Å². The SMILES string of the molecule is Fc1ccc(N2C(=S)NC(c3ccccn3)C2c2ccc(-c3ccccc3)o2)cc1. The predicted molar refractivity (Wildman–Crippen MR) is 118 cm³/mol. The number of pyridine rings is 1. The van der Waals surface area contributed by atoms with E-state index in [1.165, 1.54) is 12.1 Å². The fraction of sp³-hybridized carbons (Fsp3) is 0.0833. The predicted octanol–water partition coefficient (Wildman–Crippen LogP) is 5.66. The molecule has 5 rings (SSSR count). The highest BCUT2D eigenvalue weighted by Crippen LogP contribution is 2.42. The molecule has 2 aromatic carbocycles. The first-order valence-electron chi connectivity index (χ1n) is 9.62. The zero-order valence-electron chi connectivity index (χ0n) is 15.9. The summed E-state index contributed by atoms with van der Waals surface area (Å²) in [6.45, 7) is 0. The molecule has 2 unspecified atom stereocenters. The Morgan fingerprint density at radius 1 is 0.900 bits per heavy atom. The number of nitrogens with one attached hydrogen (secondary N) is 1. The lowest BCUT2D eigenvalue weighted by atomic mass is 10.0. The maximum absolute atomic E-state index is 13.5. The number of anilines is 1. The van der Waals surface area contributed by atoms with Crippen LogP contribution < -0.4 is 10.2 Å². The Morgan fingerprint density at radius 3 is 2.40 bits per heavy atom. The molecule has 0 bridgehead atoms. The average Bonchev–Trinajstić information content (AvgIpc) is 3.40. The highest BCUT2D eigenvalue weighted by Gasteiger charge is 2.42. The highest BCUT2D eigenvalue weighted by molar-refractivity contribution is 7.80. The molecule has 148 valence electrons. The number of aromatic nitrogens is 1. The second kappa shape index (κ2) is 7.72. The molecular weight excluding hydrogens is 397 g/mol. The molecule has 1 fully saturated rings. The molecule has 2 atom stereocenters. The van der Waals surface area contributed by atoms with Gasteiger partial charge in [0.2, 0.25) is 0 Å². The molecule has 1 saturated heterocycles. The van der Waals surface area contributed by atoms with Crippen molar-refractivity contribution in [2.75, 3.05) is 4.90 Å². The zero-order valence-corrected chi connectivity index (χ0v) is 16.7. The lowest BCUT2D eigenvalue weighted by molar-refractivity contribution is 0.439. The zero-order chi connectivity index (χ0) is 20.5. The second-order valence-corrected chi connectivity index (χ2v) is 7.43. The maximum Gasteiger partial charge on any atom is 0.174 e. The third-order valence-electron chi connectivity index (χ3n) is 5.18. The van der Waals surface area contributed by atoms with Gasteiger partial charge in [-0.3, -0.25) is 4.98 Å². The van der Waals surface area contributed by atoms with Gasteiger partial charge in [0.05, 0.1) is 11.7 Å². The minimum Gasteiger partial charge on any atom is -0.459 e. The molecule has 0 radical (unpaired) electrons. The molecule has 1 aliphatic heterocycles. The third kappa shape index (κ3) is 3.35. The van der Waals surface area contributed by atoms with Crippen LogP contribution >= 0.6 is 12.2 Å². The van der Waals surface area contributed by atoms with Gasteiger partial charge < -0.3 is 14.6 Å². The number of rotatable bonds is 4. The monoisotopic (exact) mass is 415 g/mol. The molecule has 4 aromatic rings. The van der Waals surface area contributed by atoms with Crippen LogP contribution in [0.15, 0.2) is 95.5 Å². The van der Waals surface area contributed by atoms with Gasteiger partial charge >= 0.3 is 0 Å². The van der Waals surface area contributed by atoms with E-state index >= 15 is 0 Å². The van der Waals surface area contributed by atoms with Crippen LogP contribution in [0, 0.1) is 5.82 Å². The van der Waals surface area contributed by atoms with E-state index in [0.29, 0.717) is 5.11 Å². The first-order valence-corrected chi connectivity index (χ1v) is 10.0. The fourth-order valence-corrected chi connectivity index (χ4v) is 4.14. The van der Waals surface area contributed by atoms with Gasteiger partial charge in [0.15, 0.2) is 5.11 Å². The summed E-state index contributed by atoms with van der Waals surface area (Å²) in [5.74, 6) is 1.24. The van der Waals surface area contributed by atoms with Gasteiger partial charge in [-0.15, -0.1) is 0 Å². The minimum atomic E-state index is -0.293. The van der Waals surface area contributed by atoms with Gasteiger partial charge in [0.25, 0.3) is 0 Å². The van der Waals surface area contributed by atoms with E-state index in [0.717, 1.165) is 28.5 Å². The number of hydrogen-bond acceptors (Lipinski definition) is 3. The number of thiocarbonyl (C=S) groups is 1. The van der Waals surface area contributed by atoms with Crippen molar-refractivity contribution in [2.24, 2.45) is 0 Å². The highest BCUT2D eigenvalue weighted by atomic mass is 32.1. The van der Waals surface area contributed by atoms with E-state index in [1.54, 1.807) is 18.3 Å². The largest absolute Gasteiger partial charge is 0.459 e. The van der Waals surface area contributed by atoms with E-state index in [-0.39, 0.29) is 17.9 Å². The fourth-order valence-electron chi connectivity index (χ4n) is 3.79. The topological polar surface area (TPSA) is 41.3 Å². The van der Waals surface area contributed by atoms with Crippen LogP contribution in [0.3, 0.4) is 0 Å². The third-order valence-corrected chi connectivity index (χ3v) is 5.49. The summed E-state index contributed by atoms with van der Waals surface area (Å²) in [6.07, 6.45) is 1.76. The maximum atomic E-state index is 13.5. The van der Waals surface area contributed by atoms with Gasteiger partial charge in [-0.05, 0) is 60.7 Å². The molecular formula is C24H18FN3OS. The lowest BCUT2D eigenvalue weighted by Crippen LogP contribution is -2.29. The Morgan fingerprint density at radius 2 is 1.67 bits per heavy atom. The smallest absolute Gasteiger partial charge is 0.174 e. The van der Waals surface area contributed by atoms with Gasteiger partial charge in [-0.2, -0.15) is 0 Å². The molecule has 6 heteroatoms. The number of furan rings is 1. The molecule has 0 amide bonds. The Kier molecular flexibility index (Phi) is 4.77. The minimum absolute atomic E-state index is 0.210. The molecule has 3 heterocycles. The summed E-state index contributed by atoms with van der Waals surface area (Å²) in [5, 5.41) is 3.91. The van der Waals surface area contributed by atoms with Crippen LogP contribution in [0.4, 0.5) is 10.1 Å². The Bertz CT molecular complexity index is 1160. The van der Waals surface area contributed by atoms with Gasteiger partial charge in [-0.25, -0.2) is 4.39 Å². The number of nitrogens with zero attached hydrogens (tertiary/aromatic N) is 2. The lowest BCUT2D eigenvalue weighted by Gasteiger charge is -2.26. The van der Waals surface area contributed by atoms with E-state index in [9.17, 15) is 4.39 Å². The number of benzene rings is 2. The summed E-state index contributed by atoms with van der Waals surface area (Å²) in [7, 11) is 0. The van der Waals surface area contributed by atoms with Crippen LogP contribution in [-0.2, 0) is 0 Å². The first kappa shape index (κ1) is 18.5. The normalized spacial score (nSPS) is 18.4. The van der Waals surface area contributed by atoms with Crippen molar-refractivity contribution >= 4 is 23.0 Å². The van der Waals surface area contributed by atoms with E-state index in [4.69, 9.17) is 16.6 Å². The van der Waals surface area contributed by atoms with Crippen LogP contribution in [0.5, 0.6) is 0 Å². The molecule has 0 aliphatic carbocycles. The number of halogens is 1. The van der Waals surface area contributed by atoms with E-state index in [1.807, 2.05) is 65.6 Å². The van der Waals surface area contributed by atoms with Crippen molar-refractivity contribution in [2.45, 2.75) is 12.1 Å². The molecule has 0 saturated carbocycles. The molecule has 0 spiro atoms.